The van der Waals surface area contributed by atoms with Crippen molar-refractivity contribution in [2.75, 3.05) is 13.1 Å². The van der Waals surface area contributed by atoms with Crippen molar-refractivity contribution in [2.24, 2.45) is 0 Å². The number of ether oxygens (including phenoxy) is 1. The molecule has 4 aromatic rings. The molecule has 1 aliphatic heterocycles. The van der Waals surface area contributed by atoms with E-state index in [4.69, 9.17) is 4.74 Å². The van der Waals surface area contributed by atoms with Gasteiger partial charge in [0.15, 0.2) is 11.5 Å². The van der Waals surface area contributed by atoms with E-state index in [2.05, 4.69) is 22.2 Å². The Morgan fingerprint density at radius 1 is 1.02 bits per heavy atom. The maximum Gasteiger partial charge on any atom is 0.434 e. The summed E-state index contributed by atoms with van der Waals surface area (Å²) in [6, 6.07) is 17.6. The minimum Gasteiger partial charge on any atom is -0.488 e. The van der Waals surface area contributed by atoms with Gasteiger partial charge in [0.05, 0.1) is 17.1 Å². The second-order valence-electron chi connectivity index (χ2n) is 11.4. The van der Waals surface area contributed by atoms with Crippen LogP contribution in [0.3, 0.4) is 0 Å². The molecule has 0 amide bonds. The zero-order valence-corrected chi connectivity index (χ0v) is 25.2. The highest BCUT2D eigenvalue weighted by atomic mass is 32.2. The number of nitrogens with zero attached hydrogens (tertiary/aromatic N) is 4. The van der Waals surface area contributed by atoms with E-state index in [1.54, 1.807) is 34.6 Å². The zero-order valence-electron chi connectivity index (χ0n) is 24.4. The molecule has 0 unspecified atom stereocenters. The predicted octanol–water partition coefficient (Wildman–Crippen LogP) is 6.21. The number of sulfonamides is 1. The van der Waals surface area contributed by atoms with Crippen LogP contribution < -0.4 is 4.74 Å². The van der Waals surface area contributed by atoms with Crippen LogP contribution in [0.25, 0.3) is 17.1 Å². The average molecular weight is 641 g/mol. The van der Waals surface area contributed by atoms with Crippen LogP contribution in [0.4, 0.5) is 13.2 Å². The van der Waals surface area contributed by atoms with E-state index in [0.717, 1.165) is 36.8 Å². The number of carboxylic acids is 1. The maximum absolute atomic E-state index is 13.8. The minimum absolute atomic E-state index is 0.189. The normalized spacial score (nSPS) is 16.5. The molecular weight excluding hydrogens is 609 g/mol. The summed E-state index contributed by atoms with van der Waals surface area (Å²) in [5, 5.41) is 12.7. The van der Waals surface area contributed by atoms with Crippen molar-refractivity contribution >= 4 is 16.0 Å². The molecular formula is C32H31F3N4O5S. The van der Waals surface area contributed by atoms with Crippen molar-refractivity contribution in [1.29, 1.82) is 0 Å². The monoisotopic (exact) mass is 640 g/mol. The number of para-hydroxylation sites is 1. The molecule has 2 fully saturated rings. The van der Waals surface area contributed by atoms with Gasteiger partial charge in [-0.15, -0.1) is 0 Å². The summed E-state index contributed by atoms with van der Waals surface area (Å²) >= 11 is 0. The van der Waals surface area contributed by atoms with Crippen molar-refractivity contribution in [3.05, 3.63) is 94.8 Å². The molecule has 9 nitrogen and oxygen atoms in total. The summed E-state index contributed by atoms with van der Waals surface area (Å²) in [6.07, 6.45) is -1.22. The number of piperidine rings is 1. The van der Waals surface area contributed by atoms with Gasteiger partial charge in [0.1, 0.15) is 17.9 Å². The number of benzene rings is 2. The molecule has 0 bridgehead atoms. The van der Waals surface area contributed by atoms with E-state index in [-0.39, 0.29) is 23.6 Å². The van der Waals surface area contributed by atoms with E-state index in [9.17, 15) is 31.5 Å². The molecule has 0 spiro atoms. The van der Waals surface area contributed by atoms with Crippen molar-refractivity contribution in [2.45, 2.75) is 56.6 Å². The number of alkyl halides is 3. The lowest BCUT2D eigenvalue weighted by atomic mass is 9.87. The Labute approximate surface area is 258 Å². The number of aromatic carboxylic acids is 1. The molecule has 2 aromatic heterocycles. The number of carbonyl (C=O) groups is 1. The van der Waals surface area contributed by atoms with Gasteiger partial charge < -0.3 is 9.84 Å². The Kier molecular flexibility index (Phi) is 8.16. The lowest BCUT2D eigenvalue weighted by Crippen LogP contribution is -2.39. The average Bonchev–Trinajstić information content (AvgIpc) is 3.78. The van der Waals surface area contributed by atoms with Gasteiger partial charge in [0.25, 0.3) is 0 Å². The Balaban J connectivity index is 1.17. The number of pyridine rings is 1. The van der Waals surface area contributed by atoms with Gasteiger partial charge in [-0.3, -0.25) is 0 Å². The largest absolute Gasteiger partial charge is 0.488 e. The third kappa shape index (κ3) is 6.32. The van der Waals surface area contributed by atoms with Gasteiger partial charge in [0, 0.05) is 18.7 Å². The van der Waals surface area contributed by atoms with Crippen LogP contribution >= 0.6 is 0 Å². The number of aromatic nitrogens is 3. The second kappa shape index (κ2) is 11.9. The van der Waals surface area contributed by atoms with E-state index < -0.39 is 33.4 Å². The van der Waals surface area contributed by atoms with Crippen LogP contribution in [-0.4, -0.2) is 56.9 Å². The predicted molar refractivity (Wildman–Crippen MR) is 160 cm³/mol. The van der Waals surface area contributed by atoms with E-state index in [1.165, 1.54) is 17.7 Å². The van der Waals surface area contributed by atoms with Crippen molar-refractivity contribution < 1.29 is 36.2 Å². The van der Waals surface area contributed by atoms with Crippen molar-refractivity contribution in [1.82, 2.24) is 19.1 Å². The maximum atomic E-state index is 13.8. The number of rotatable bonds is 9. The topological polar surface area (TPSA) is 115 Å². The van der Waals surface area contributed by atoms with Crippen molar-refractivity contribution in [3.63, 3.8) is 0 Å². The first-order chi connectivity index (χ1) is 21.4. The van der Waals surface area contributed by atoms with E-state index >= 15 is 0 Å². The fraction of sp³-hybridized carbons (Fsp3) is 0.344. The highest BCUT2D eigenvalue weighted by Gasteiger charge is 2.42. The van der Waals surface area contributed by atoms with Crippen LogP contribution in [0.1, 0.15) is 64.3 Å². The number of aryl methyl sites for hydroxylation is 1. The Bertz CT molecular complexity index is 1850. The van der Waals surface area contributed by atoms with E-state index in [1.807, 2.05) is 13.0 Å². The van der Waals surface area contributed by atoms with Gasteiger partial charge in [-0.05, 0) is 79.5 Å². The van der Waals surface area contributed by atoms with Crippen LogP contribution in [0, 0.1) is 6.92 Å². The van der Waals surface area contributed by atoms with Crippen LogP contribution in [-0.2, 0) is 22.8 Å². The number of hydrogen-bond acceptors (Lipinski definition) is 6. The lowest BCUT2D eigenvalue weighted by Gasteiger charge is -2.32. The number of halogens is 3. The first-order valence-corrected chi connectivity index (χ1v) is 16.1. The summed E-state index contributed by atoms with van der Waals surface area (Å²) in [7, 11) is -3.15. The summed E-state index contributed by atoms with van der Waals surface area (Å²) in [4.78, 5) is 15.8. The molecule has 13 heteroatoms. The number of carboxylic acid groups (broad SMARTS) is 1. The molecule has 2 aromatic carbocycles. The fourth-order valence-electron chi connectivity index (χ4n) is 5.89. The molecule has 1 aliphatic carbocycles. The van der Waals surface area contributed by atoms with E-state index in [0.29, 0.717) is 41.0 Å². The third-order valence-electron chi connectivity index (χ3n) is 8.31. The molecule has 6 rings (SSSR count). The molecule has 0 atom stereocenters. The molecule has 236 valence electrons. The SMILES string of the molecule is Cc1cc(COc2ccccc2-c2cccc(-n3ncc(C(=O)O)c3C(F)(F)F)n2)ccc1C1CCN(S(=O)(=O)C2CC2)CC1. The van der Waals surface area contributed by atoms with Crippen molar-refractivity contribution in [3.8, 4) is 22.8 Å². The second-order valence-corrected chi connectivity index (χ2v) is 13.6. The summed E-state index contributed by atoms with van der Waals surface area (Å²) < 4.78 is 74.9. The molecule has 3 heterocycles. The Morgan fingerprint density at radius 2 is 1.76 bits per heavy atom. The van der Waals surface area contributed by atoms with Crippen LogP contribution in [0.5, 0.6) is 5.75 Å². The third-order valence-corrected chi connectivity index (χ3v) is 10.7. The first-order valence-electron chi connectivity index (χ1n) is 14.6. The molecule has 0 radical (unpaired) electrons. The summed E-state index contributed by atoms with van der Waals surface area (Å²) in [6.45, 7) is 3.35. The van der Waals surface area contributed by atoms with Gasteiger partial charge >= 0.3 is 12.1 Å². The minimum atomic E-state index is -4.97. The molecule has 2 aliphatic rings. The Hall–Kier alpha value is -4.23. The lowest BCUT2D eigenvalue weighted by molar-refractivity contribution is -0.143. The zero-order chi connectivity index (χ0) is 31.9. The van der Waals surface area contributed by atoms with Crippen LogP contribution in [0.15, 0.2) is 66.9 Å². The van der Waals surface area contributed by atoms with Crippen LogP contribution in [0.2, 0.25) is 0 Å². The molecule has 1 saturated heterocycles. The number of hydrogen-bond donors (Lipinski definition) is 1. The first kappa shape index (κ1) is 30.8. The molecule has 1 N–H and O–H groups in total. The molecule has 1 saturated carbocycles. The molecule has 45 heavy (non-hydrogen) atoms. The van der Waals surface area contributed by atoms with Gasteiger partial charge in [-0.25, -0.2) is 27.2 Å². The standard InChI is InChI=1S/C32H31F3N4O5S/c1-20-17-21(9-12-24(20)22-13-15-38(16-14-22)45(42,43)23-10-11-23)19-44-28-7-3-2-5-25(28)27-6-4-8-29(37-27)39-30(32(33,34)35)26(18-36-39)31(40)41/h2-9,12,17-18,22-23H,10-11,13-16,19H2,1H3,(H,40,41). The summed E-state index contributed by atoms with van der Waals surface area (Å²) in [5.74, 6) is -1.18. The van der Waals surface area contributed by atoms with Gasteiger partial charge in [-0.2, -0.15) is 18.3 Å². The van der Waals surface area contributed by atoms with Gasteiger partial charge in [-0.1, -0.05) is 36.4 Å². The van der Waals surface area contributed by atoms with Gasteiger partial charge in [0.2, 0.25) is 10.0 Å². The quantitative estimate of drug-likeness (QED) is 0.231. The highest BCUT2D eigenvalue weighted by Crippen LogP contribution is 2.37. The Morgan fingerprint density at radius 3 is 2.42 bits per heavy atom. The highest BCUT2D eigenvalue weighted by molar-refractivity contribution is 7.90. The summed E-state index contributed by atoms with van der Waals surface area (Å²) in [5.41, 5.74) is 1.71. The fourth-order valence-corrected chi connectivity index (χ4v) is 7.76. The smallest absolute Gasteiger partial charge is 0.434 e.